The van der Waals surface area contributed by atoms with Gasteiger partial charge in [-0.2, -0.15) is 0 Å². The molecular formula is C12H20O4. The third-order valence-corrected chi connectivity index (χ3v) is 1.81. The van der Waals surface area contributed by atoms with Crippen molar-refractivity contribution in [3.63, 3.8) is 0 Å². The minimum absolute atomic E-state index is 0.00898. The van der Waals surface area contributed by atoms with E-state index < -0.39 is 5.97 Å². The summed E-state index contributed by atoms with van der Waals surface area (Å²) in [7, 11) is 0. The summed E-state index contributed by atoms with van der Waals surface area (Å²) < 4.78 is 9.90. The van der Waals surface area contributed by atoms with Gasteiger partial charge in [0.25, 0.3) is 0 Å². The Labute approximate surface area is 96.6 Å². The van der Waals surface area contributed by atoms with Gasteiger partial charge in [-0.25, -0.2) is 4.79 Å². The van der Waals surface area contributed by atoms with Gasteiger partial charge in [-0.1, -0.05) is 20.8 Å². The predicted molar refractivity (Wildman–Crippen MR) is 60.8 cm³/mol. The highest BCUT2D eigenvalue weighted by Crippen LogP contribution is 2.09. The maximum Gasteiger partial charge on any atom is 0.344 e. The molecule has 16 heavy (non-hydrogen) atoms. The number of ketones is 1. The largest absolute Gasteiger partial charge is 0.500 e. The first-order valence-electron chi connectivity index (χ1n) is 5.57. The number of Topliss-reactive ketones (excluding diaryl/α,β-unsaturated/α-hetero) is 1. The average Bonchev–Trinajstić information content (AvgIpc) is 2.26. The zero-order chi connectivity index (χ0) is 12.6. The molecule has 0 amide bonds. The van der Waals surface area contributed by atoms with Crippen LogP contribution in [0.5, 0.6) is 0 Å². The number of carbonyl (C=O) groups excluding carboxylic acids is 2. The highest BCUT2D eigenvalue weighted by Gasteiger charge is 2.22. The zero-order valence-corrected chi connectivity index (χ0v) is 10.4. The van der Waals surface area contributed by atoms with Crippen LogP contribution in [0.15, 0.2) is 11.8 Å². The molecule has 4 nitrogen and oxygen atoms in total. The smallest absolute Gasteiger partial charge is 0.344 e. The number of rotatable bonds is 7. The first-order chi connectivity index (χ1) is 7.54. The molecule has 0 aromatic heterocycles. The van der Waals surface area contributed by atoms with Gasteiger partial charge < -0.3 is 9.47 Å². The molecule has 4 heteroatoms. The van der Waals surface area contributed by atoms with Gasteiger partial charge in [-0.3, -0.25) is 4.79 Å². The number of hydrogen-bond donors (Lipinski definition) is 0. The van der Waals surface area contributed by atoms with Crippen molar-refractivity contribution in [3.05, 3.63) is 11.8 Å². The molecule has 0 aromatic carbocycles. The third-order valence-electron chi connectivity index (χ3n) is 1.81. The Morgan fingerprint density at radius 2 is 1.88 bits per heavy atom. The zero-order valence-electron chi connectivity index (χ0n) is 10.4. The summed E-state index contributed by atoms with van der Waals surface area (Å²) >= 11 is 0. The van der Waals surface area contributed by atoms with Crippen molar-refractivity contribution in [2.24, 2.45) is 5.92 Å². The summed E-state index contributed by atoms with van der Waals surface area (Å²) in [6.07, 6.45) is 1.92. The van der Waals surface area contributed by atoms with Crippen LogP contribution in [0.4, 0.5) is 0 Å². The summed E-state index contributed by atoms with van der Waals surface area (Å²) in [5, 5.41) is 0. The number of ether oxygens (including phenoxy) is 2. The lowest BCUT2D eigenvalue weighted by atomic mass is 10.0. The van der Waals surface area contributed by atoms with Crippen LogP contribution in [-0.2, 0) is 19.1 Å². The lowest BCUT2D eigenvalue weighted by Gasteiger charge is -2.09. The van der Waals surface area contributed by atoms with E-state index in [9.17, 15) is 9.59 Å². The van der Waals surface area contributed by atoms with E-state index in [0.717, 1.165) is 6.42 Å². The van der Waals surface area contributed by atoms with Gasteiger partial charge in [0, 0.05) is 5.92 Å². The van der Waals surface area contributed by atoms with E-state index >= 15 is 0 Å². The molecule has 0 atom stereocenters. The van der Waals surface area contributed by atoms with Gasteiger partial charge >= 0.3 is 5.97 Å². The molecule has 0 saturated heterocycles. The Kier molecular flexibility index (Phi) is 7.25. The number of carbonyl (C=O) groups is 2. The van der Waals surface area contributed by atoms with Crippen LogP contribution in [0, 0.1) is 5.92 Å². The maximum absolute atomic E-state index is 11.7. The molecule has 0 N–H and O–H groups in total. The van der Waals surface area contributed by atoms with Crippen molar-refractivity contribution in [1.29, 1.82) is 0 Å². The van der Waals surface area contributed by atoms with Crippen LogP contribution in [0.1, 0.15) is 34.1 Å². The van der Waals surface area contributed by atoms with Crippen molar-refractivity contribution in [2.75, 3.05) is 13.2 Å². The fourth-order valence-electron chi connectivity index (χ4n) is 0.957. The molecule has 0 unspecified atom stereocenters. The predicted octanol–water partition coefficient (Wildman–Crippen LogP) is 2.09. The van der Waals surface area contributed by atoms with Crippen LogP contribution < -0.4 is 0 Å². The Morgan fingerprint density at radius 3 is 2.31 bits per heavy atom. The summed E-state index contributed by atoms with van der Waals surface area (Å²) in [6.45, 7) is 7.86. The van der Waals surface area contributed by atoms with Crippen molar-refractivity contribution in [1.82, 2.24) is 0 Å². The topological polar surface area (TPSA) is 52.6 Å². The second-order valence-electron chi connectivity index (χ2n) is 3.64. The molecule has 0 aliphatic carbocycles. The van der Waals surface area contributed by atoms with E-state index in [1.54, 1.807) is 20.8 Å². The van der Waals surface area contributed by atoms with Crippen LogP contribution in [0.2, 0.25) is 0 Å². The van der Waals surface area contributed by atoms with E-state index in [1.807, 2.05) is 6.92 Å². The first kappa shape index (κ1) is 14.7. The standard InChI is InChI=1S/C12H20O4/c1-5-7-16-12(14)10(8-15-6-2)11(13)9(3)4/h8-9H,5-7H2,1-4H3. The number of hydrogen-bond acceptors (Lipinski definition) is 4. The van der Waals surface area contributed by atoms with E-state index in [1.165, 1.54) is 6.26 Å². The third kappa shape index (κ3) is 4.96. The van der Waals surface area contributed by atoms with Crippen molar-refractivity contribution >= 4 is 11.8 Å². The van der Waals surface area contributed by atoms with Crippen molar-refractivity contribution in [2.45, 2.75) is 34.1 Å². The van der Waals surface area contributed by atoms with Gasteiger partial charge in [0.05, 0.1) is 13.2 Å². The van der Waals surface area contributed by atoms with Crippen molar-refractivity contribution in [3.8, 4) is 0 Å². The highest BCUT2D eigenvalue weighted by molar-refractivity contribution is 6.17. The SMILES string of the molecule is CCCOC(=O)C(=COCC)C(=O)C(C)C. The van der Waals surface area contributed by atoms with E-state index in [0.29, 0.717) is 13.2 Å². The summed E-state index contributed by atoms with van der Waals surface area (Å²) in [5.41, 5.74) is -0.00898. The van der Waals surface area contributed by atoms with Gasteiger partial charge in [-0.15, -0.1) is 0 Å². The van der Waals surface area contributed by atoms with E-state index in [-0.39, 0.29) is 17.3 Å². The molecular weight excluding hydrogens is 208 g/mol. The Bertz CT molecular complexity index is 266. The highest BCUT2D eigenvalue weighted by atomic mass is 16.5. The molecule has 0 radical (unpaired) electrons. The Morgan fingerprint density at radius 1 is 1.25 bits per heavy atom. The normalized spacial score (nSPS) is 11.4. The van der Waals surface area contributed by atoms with E-state index in [2.05, 4.69) is 0 Å². The summed E-state index contributed by atoms with van der Waals surface area (Å²) in [4.78, 5) is 23.3. The van der Waals surface area contributed by atoms with Crippen LogP contribution >= 0.6 is 0 Å². The van der Waals surface area contributed by atoms with Gasteiger partial charge in [0.15, 0.2) is 5.78 Å². The second-order valence-corrected chi connectivity index (χ2v) is 3.64. The van der Waals surface area contributed by atoms with Crippen LogP contribution in [-0.4, -0.2) is 25.0 Å². The minimum Gasteiger partial charge on any atom is -0.500 e. The van der Waals surface area contributed by atoms with Gasteiger partial charge in [-0.05, 0) is 13.3 Å². The maximum atomic E-state index is 11.7. The van der Waals surface area contributed by atoms with Crippen molar-refractivity contribution < 1.29 is 19.1 Å². The second kappa shape index (κ2) is 7.91. The molecule has 0 heterocycles. The fourth-order valence-corrected chi connectivity index (χ4v) is 0.957. The quantitative estimate of drug-likeness (QED) is 0.220. The fraction of sp³-hybridized carbons (Fsp3) is 0.667. The van der Waals surface area contributed by atoms with Gasteiger partial charge in [0.1, 0.15) is 11.8 Å². The summed E-state index contributed by atoms with van der Waals surface area (Å²) in [5.74, 6) is -1.11. The number of esters is 1. The first-order valence-corrected chi connectivity index (χ1v) is 5.57. The molecule has 0 aliphatic heterocycles. The lowest BCUT2D eigenvalue weighted by Crippen LogP contribution is -2.20. The monoisotopic (exact) mass is 228 g/mol. The molecule has 92 valence electrons. The Balaban J connectivity index is 4.67. The molecule has 0 aliphatic rings. The molecule has 0 spiro atoms. The minimum atomic E-state index is -0.603. The average molecular weight is 228 g/mol. The molecule has 0 saturated carbocycles. The van der Waals surface area contributed by atoms with E-state index in [4.69, 9.17) is 9.47 Å². The van der Waals surface area contributed by atoms with Crippen LogP contribution in [0.25, 0.3) is 0 Å². The van der Waals surface area contributed by atoms with Crippen LogP contribution in [0.3, 0.4) is 0 Å². The lowest BCUT2D eigenvalue weighted by molar-refractivity contribution is -0.141. The molecule has 0 bridgehead atoms. The summed E-state index contributed by atoms with van der Waals surface area (Å²) in [6, 6.07) is 0. The molecule has 0 rings (SSSR count). The molecule has 0 fully saturated rings. The Hall–Kier alpha value is -1.32. The van der Waals surface area contributed by atoms with Gasteiger partial charge in [0.2, 0.25) is 0 Å². The molecule has 0 aromatic rings.